The largest absolute Gasteiger partial charge is 0.385 e. The molecule has 116 valence electrons. The predicted octanol–water partition coefficient (Wildman–Crippen LogP) is 2.64. The molecular weight excluding hydrogens is 334 g/mol. The van der Waals surface area contributed by atoms with Gasteiger partial charge in [-0.25, -0.2) is 4.79 Å². The lowest BCUT2D eigenvalue weighted by molar-refractivity contribution is 0.130. The van der Waals surface area contributed by atoms with E-state index in [9.17, 15) is 4.79 Å². The van der Waals surface area contributed by atoms with E-state index in [2.05, 4.69) is 26.1 Å². The van der Waals surface area contributed by atoms with Crippen LogP contribution in [-0.2, 0) is 4.74 Å². The van der Waals surface area contributed by atoms with E-state index in [-0.39, 0.29) is 6.03 Å². The molecule has 0 bridgehead atoms. The molecule has 1 aromatic carbocycles. The molecule has 1 aromatic rings. The molecule has 21 heavy (non-hydrogen) atoms. The summed E-state index contributed by atoms with van der Waals surface area (Å²) >= 11 is 3.38. The number of halogens is 1. The Morgan fingerprint density at radius 1 is 1.24 bits per heavy atom. The molecule has 0 aromatic heterocycles. The number of carbonyl (C=O) groups is 1. The number of nitrogens with zero attached hydrogens (tertiary/aromatic N) is 2. The zero-order chi connectivity index (χ0) is 15.1. The van der Waals surface area contributed by atoms with Crippen LogP contribution >= 0.6 is 15.9 Å². The molecule has 1 aliphatic heterocycles. The van der Waals surface area contributed by atoms with Crippen molar-refractivity contribution in [1.29, 1.82) is 0 Å². The van der Waals surface area contributed by atoms with E-state index in [1.54, 1.807) is 7.11 Å². The first-order valence-corrected chi connectivity index (χ1v) is 8.01. The maximum Gasteiger partial charge on any atom is 0.321 e. The Balaban J connectivity index is 1.74. The normalized spacial score (nSPS) is 16.0. The zero-order valence-corrected chi connectivity index (χ0v) is 13.9. The third-order valence-corrected chi connectivity index (χ3v) is 4.11. The lowest BCUT2D eigenvalue weighted by Crippen LogP contribution is -2.50. The van der Waals surface area contributed by atoms with E-state index < -0.39 is 0 Å². The van der Waals surface area contributed by atoms with Crippen LogP contribution in [0.25, 0.3) is 0 Å². The second-order valence-electron chi connectivity index (χ2n) is 5.11. The molecule has 0 saturated carbocycles. The Morgan fingerprint density at radius 3 is 2.52 bits per heavy atom. The highest BCUT2D eigenvalue weighted by Gasteiger charge is 2.20. The molecule has 0 unspecified atom stereocenters. The van der Waals surface area contributed by atoms with Gasteiger partial charge in [-0.15, -0.1) is 0 Å². The maximum absolute atomic E-state index is 12.2. The Morgan fingerprint density at radius 2 is 1.90 bits per heavy atom. The third-order valence-electron chi connectivity index (χ3n) is 3.58. The predicted molar refractivity (Wildman–Crippen MR) is 87.7 cm³/mol. The van der Waals surface area contributed by atoms with Gasteiger partial charge in [0.25, 0.3) is 0 Å². The highest BCUT2D eigenvalue weighted by atomic mass is 79.9. The number of ether oxygens (including phenoxy) is 1. The standard InChI is InChI=1S/C15H22BrN3O2/c1-21-12-2-7-18-8-10-19(11-9-18)15(20)17-14-5-3-13(16)4-6-14/h3-6H,2,7-12H2,1H3,(H,17,20). The van der Waals surface area contributed by atoms with Gasteiger partial charge in [-0.05, 0) is 30.7 Å². The molecule has 0 spiro atoms. The Labute approximate surface area is 134 Å². The molecule has 2 rings (SSSR count). The van der Waals surface area contributed by atoms with Crippen molar-refractivity contribution in [3.63, 3.8) is 0 Å². The first-order chi connectivity index (χ1) is 10.2. The second-order valence-corrected chi connectivity index (χ2v) is 6.03. The summed E-state index contributed by atoms with van der Waals surface area (Å²) < 4.78 is 6.07. The quantitative estimate of drug-likeness (QED) is 0.825. The van der Waals surface area contributed by atoms with Crippen molar-refractivity contribution in [2.45, 2.75) is 6.42 Å². The second kappa shape index (κ2) is 8.36. The van der Waals surface area contributed by atoms with Crippen molar-refractivity contribution in [2.75, 3.05) is 51.8 Å². The number of nitrogens with one attached hydrogen (secondary N) is 1. The highest BCUT2D eigenvalue weighted by Crippen LogP contribution is 2.15. The molecule has 1 fully saturated rings. The summed E-state index contributed by atoms with van der Waals surface area (Å²) in [6.07, 6.45) is 1.04. The number of carbonyl (C=O) groups excluding carboxylic acids is 1. The molecule has 5 nitrogen and oxygen atoms in total. The van der Waals surface area contributed by atoms with E-state index >= 15 is 0 Å². The average molecular weight is 356 g/mol. The van der Waals surface area contributed by atoms with Gasteiger partial charge in [-0.1, -0.05) is 15.9 Å². The van der Waals surface area contributed by atoms with Gasteiger partial charge >= 0.3 is 6.03 Å². The Bertz CT molecular complexity index is 445. The molecule has 0 radical (unpaired) electrons. The van der Waals surface area contributed by atoms with Crippen molar-refractivity contribution in [2.24, 2.45) is 0 Å². The molecule has 0 atom stereocenters. The monoisotopic (exact) mass is 355 g/mol. The number of methoxy groups -OCH3 is 1. The number of urea groups is 1. The Kier molecular flexibility index (Phi) is 6.48. The van der Waals surface area contributed by atoms with E-state index in [1.807, 2.05) is 29.2 Å². The van der Waals surface area contributed by atoms with Crippen molar-refractivity contribution < 1.29 is 9.53 Å². The van der Waals surface area contributed by atoms with Crippen molar-refractivity contribution in [3.05, 3.63) is 28.7 Å². The van der Waals surface area contributed by atoms with Crippen LogP contribution in [0.15, 0.2) is 28.7 Å². The number of hydrogen-bond donors (Lipinski definition) is 1. The summed E-state index contributed by atoms with van der Waals surface area (Å²) in [6.45, 7) is 5.24. The molecule has 2 amide bonds. The lowest BCUT2D eigenvalue weighted by atomic mass is 10.3. The van der Waals surface area contributed by atoms with Crippen molar-refractivity contribution in [1.82, 2.24) is 9.80 Å². The summed E-state index contributed by atoms with van der Waals surface area (Å²) in [6, 6.07) is 7.60. The van der Waals surface area contributed by atoms with Crippen LogP contribution in [0.5, 0.6) is 0 Å². The van der Waals surface area contributed by atoms with Crippen LogP contribution < -0.4 is 5.32 Å². The topological polar surface area (TPSA) is 44.8 Å². The molecule has 1 heterocycles. The van der Waals surface area contributed by atoms with Crippen LogP contribution in [0.3, 0.4) is 0 Å². The van der Waals surface area contributed by atoms with E-state index in [0.29, 0.717) is 0 Å². The van der Waals surface area contributed by atoms with Crippen LogP contribution in [-0.4, -0.2) is 62.3 Å². The fourth-order valence-electron chi connectivity index (χ4n) is 2.34. The minimum Gasteiger partial charge on any atom is -0.385 e. The smallest absolute Gasteiger partial charge is 0.321 e. The zero-order valence-electron chi connectivity index (χ0n) is 12.3. The van der Waals surface area contributed by atoms with E-state index in [0.717, 1.165) is 55.9 Å². The van der Waals surface area contributed by atoms with Crippen molar-refractivity contribution in [3.8, 4) is 0 Å². The third kappa shape index (κ3) is 5.30. The van der Waals surface area contributed by atoms with Gasteiger partial charge in [0.15, 0.2) is 0 Å². The van der Waals surface area contributed by atoms with Gasteiger partial charge in [0.05, 0.1) is 0 Å². The summed E-state index contributed by atoms with van der Waals surface area (Å²) in [5.74, 6) is 0. The first kappa shape index (κ1) is 16.3. The summed E-state index contributed by atoms with van der Waals surface area (Å²) in [5, 5.41) is 2.93. The van der Waals surface area contributed by atoms with Crippen molar-refractivity contribution >= 4 is 27.6 Å². The number of rotatable bonds is 5. The SMILES string of the molecule is COCCCN1CCN(C(=O)Nc2ccc(Br)cc2)CC1. The molecule has 6 heteroatoms. The minimum atomic E-state index is -0.0196. The van der Waals surface area contributed by atoms with Gasteiger partial charge in [0, 0.05) is 56.6 Å². The van der Waals surface area contributed by atoms with Crippen LogP contribution in [0.4, 0.5) is 10.5 Å². The van der Waals surface area contributed by atoms with Crippen LogP contribution in [0.1, 0.15) is 6.42 Å². The fraction of sp³-hybridized carbons (Fsp3) is 0.533. The highest BCUT2D eigenvalue weighted by molar-refractivity contribution is 9.10. The molecular formula is C15H22BrN3O2. The van der Waals surface area contributed by atoms with Gasteiger partial charge in [-0.3, -0.25) is 4.90 Å². The van der Waals surface area contributed by atoms with Crippen LogP contribution in [0, 0.1) is 0 Å². The molecule has 1 saturated heterocycles. The molecule has 1 aliphatic rings. The minimum absolute atomic E-state index is 0.0196. The summed E-state index contributed by atoms with van der Waals surface area (Å²) in [4.78, 5) is 16.4. The summed E-state index contributed by atoms with van der Waals surface area (Å²) in [7, 11) is 1.73. The Hall–Kier alpha value is -1.11. The van der Waals surface area contributed by atoms with Gasteiger partial charge < -0.3 is 15.0 Å². The van der Waals surface area contributed by atoms with E-state index in [4.69, 9.17) is 4.74 Å². The van der Waals surface area contributed by atoms with Gasteiger partial charge in [0.1, 0.15) is 0 Å². The maximum atomic E-state index is 12.2. The number of piperazine rings is 1. The van der Waals surface area contributed by atoms with E-state index in [1.165, 1.54) is 0 Å². The van der Waals surface area contributed by atoms with Gasteiger partial charge in [-0.2, -0.15) is 0 Å². The number of benzene rings is 1. The lowest BCUT2D eigenvalue weighted by Gasteiger charge is -2.34. The first-order valence-electron chi connectivity index (χ1n) is 7.22. The van der Waals surface area contributed by atoms with Gasteiger partial charge in [0.2, 0.25) is 0 Å². The molecule has 0 aliphatic carbocycles. The number of hydrogen-bond acceptors (Lipinski definition) is 3. The fourth-order valence-corrected chi connectivity index (χ4v) is 2.61. The number of amides is 2. The molecule has 1 N–H and O–H groups in total. The van der Waals surface area contributed by atoms with Crippen LogP contribution in [0.2, 0.25) is 0 Å². The summed E-state index contributed by atoms with van der Waals surface area (Å²) in [5.41, 5.74) is 0.825. The average Bonchev–Trinajstić information content (AvgIpc) is 2.50. The number of anilines is 1.